The van der Waals surface area contributed by atoms with Gasteiger partial charge in [0.25, 0.3) is 15.6 Å². The maximum absolute atomic E-state index is 13.1. The molecular formula is C26H23ClN4O5S. The molecule has 0 saturated carbocycles. The van der Waals surface area contributed by atoms with E-state index in [1.807, 2.05) is 0 Å². The number of rotatable bonds is 6. The minimum absolute atomic E-state index is 0.0552. The van der Waals surface area contributed by atoms with Crippen molar-refractivity contribution in [2.45, 2.75) is 31.2 Å². The Kier molecular flexibility index (Phi) is 6.38. The molecule has 2 N–H and O–H groups in total. The third-order valence-electron chi connectivity index (χ3n) is 6.42. The molecule has 190 valence electrons. The molecule has 0 bridgehead atoms. The number of carbonyl (C=O) groups excluding carboxylic acids is 1. The van der Waals surface area contributed by atoms with E-state index in [9.17, 15) is 22.8 Å². The second-order valence-electron chi connectivity index (χ2n) is 8.83. The third kappa shape index (κ3) is 4.77. The van der Waals surface area contributed by atoms with E-state index in [4.69, 9.17) is 11.6 Å². The molecule has 0 spiro atoms. The van der Waals surface area contributed by atoms with Crippen molar-refractivity contribution in [3.05, 3.63) is 97.7 Å². The van der Waals surface area contributed by atoms with Crippen molar-refractivity contribution in [1.82, 2.24) is 9.55 Å². The van der Waals surface area contributed by atoms with Crippen LogP contribution in [0.4, 0.5) is 11.4 Å². The number of amides is 1. The summed E-state index contributed by atoms with van der Waals surface area (Å²) in [5.74, 6) is -0.175. The number of sulfonamides is 1. The highest BCUT2D eigenvalue weighted by Crippen LogP contribution is 2.32. The lowest BCUT2D eigenvalue weighted by Crippen LogP contribution is -2.34. The van der Waals surface area contributed by atoms with Crippen LogP contribution in [0.2, 0.25) is 5.02 Å². The van der Waals surface area contributed by atoms with Gasteiger partial charge >= 0.3 is 5.69 Å². The van der Waals surface area contributed by atoms with Gasteiger partial charge in [-0.2, -0.15) is 0 Å². The summed E-state index contributed by atoms with van der Waals surface area (Å²) in [4.78, 5) is 41.6. The van der Waals surface area contributed by atoms with E-state index >= 15 is 0 Å². The first kappa shape index (κ1) is 24.8. The number of para-hydroxylation sites is 1. The first-order valence-corrected chi connectivity index (χ1v) is 13.4. The van der Waals surface area contributed by atoms with Crippen LogP contribution < -0.4 is 20.9 Å². The lowest BCUT2D eigenvalue weighted by molar-refractivity contribution is -0.118. The summed E-state index contributed by atoms with van der Waals surface area (Å²) in [5.41, 5.74) is 2.04. The van der Waals surface area contributed by atoms with E-state index in [1.54, 1.807) is 60.4 Å². The summed E-state index contributed by atoms with van der Waals surface area (Å²) in [6, 6.07) is 16.3. The van der Waals surface area contributed by atoms with Gasteiger partial charge in [-0.25, -0.2) is 13.2 Å². The van der Waals surface area contributed by atoms with Crippen molar-refractivity contribution < 1.29 is 13.2 Å². The summed E-state index contributed by atoms with van der Waals surface area (Å²) < 4.78 is 29.6. The molecular weight excluding hydrogens is 516 g/mol. The smallest absolute Gasteiger partial charge is 0.312 e. The van der Waals surface area contributed by atoms with Gasteiger partial charge in [0.2, 0.25) is 5.91 Å². The van der Waals surface area contributed by atoms with Gasteiger partial charge in [0.05, 0.1) is 15.8 Å². The largest absolute Gasteiger partial charge is 0.328 e. The number of hydrogen-bond acceptors (Lipinski definition) is 5. The monoisotopic (exact) mass is 538 g/mol. The molecule has 0 aliphatic carbocycles. The highest BCUT2D eigenvalue weighted by atomic mass is 35.5. The van der Waals surface area contributed by atoms with E-state index in [-0.39, 0.29) is 23.8 Å². The third-order valence-corrected chi connectivity index (χ3v) is 8.23. The van der Waals surface area contributed by atoms with Crippen molar-refractivity contribution in [3.8, 4) is 0 Å². The molecule has 0 atom stereocenters. The molecule has 1 amide bonds. The van der Waals surface area contributed by atoms with Gasteiger partial charge in [-0.1, -0.05) is 23.7 Å². The average molecular weight is 539 g/mol. The lowest BCUT2D eigenvalue weighted by Gasteiger charge is -2.18. The summed E-state index contributed by atoms with van der Waals surface area (Å²) in [7, 11) is -3.81. The standard InChI is InChI=1S/C26H23ClN4O5S/c1-16-14-19(7-8-21(16)27)37(35,36)29-18-6-9-22-17(15-18)10-12-30(22)24(32)11-13-31-23-5-3-2-4-20(23)25(33)28-26(31)34/h2-9,14-15,29H,10-13H2,1H3,(H,28,33,34). The van der Waals surface area contributed by atoms with Gasteiger partial charge in [0, 0.05) is 35.9 Å². The van der Waals surface area contributed by atoms with Gasteiger partial charge in [-0.05, 0) is 73.0 Å². The first-order valence-electron chi connectivity index (χ1n) is 11.6. The highest BCUT2D eigenvalue weighted by Gasteiger charge is 2.26. The van der Waals surface area contributed by atoms with Crippen LogP contribution in [-0.4, -0.2) is 30.4 Å². The Balaban J connectivity index is 1.32. The predicted octanol–water partition coefficient (Wildman–Crippen LogP) is 3.43. The minimum Gasteiger partial charge on any atom is -0.312 e. The van der Waals surface area contributed by atoms with Crippen molar-refractivity contribution >= 4 is 49.8 Å². The van der Waals surface area contributed by atoms with Crippen LogP contribution in [0.15, 0.2) is 75.1 Å². The molecule has 11 heteroatoms. The Labute approximate surface area is 217 Å². The number of H-pyrrole nitrogens is 1. The molecule has 5 rings (SSSR count). The molecule has 3 aromatic carbocycles. The number of aryl methyl sites for hydroxylation is 2. The first-order chi connectivity index (χ1) is 17.6. The summed E-state index contributed by atoms with van der Waals surface area (Å²) in [6.07, 6.45) is 0.623. The minimum atomic E-state index is -3.81. The van der Waals surface area contributed by atoms with Crippen LogP contribution in [0.1, 0.15) is 17.5 Å². The second kappa shape index (κ2) is 9.53. The van der Waals surface area contributed by atoms with E-state index in [2.05, 4.69) is 9.71 Å². The Morgan fingerprint density at radius 1 is 1.08 bits per heavy atom. The number of benzene rings is 3. The molecule has 0 unspecified atom stereocenters. The van der Waals surface area contributed by atoms with Crippen molar-refractivity contribution in [3.63, 3.8) is 0 Å². The van der Waals surface area contributed by atoms with Crippen LogP contribution in [0, 0.1) is 6.92 Å². The zero-order chi connectivity index (χ0) is 26.3. The Hall–Kier alpha value is -3.89. The molecule has 1 aliphatic rings. The van der Waals surface area contributed by atoms with Crippen molar-refractivity contribution in [1.29, 1.82) is 0 Å². The van der Waals surface area contributed by atoms with Crippen molar-refractivity contribution in [2.75, 3.05) is 16.2 Å². The number of fused-ring (bicyclic) bond motifs is 2. The topological polar surface area (TPSA) is 121 Å². The molecule has 0 fully saturated rings. The number of nitrogens with zero attached hydrogens (tertiary/aromatic N) is 2. The number of nitrogens with one attached hydrogen (secondary N) is 2. The fraction of sp³-hybridized carbons (Fsp3) is 0.192. The van der Waals surface area contributed by atoms with Crippen LogP contribution in [0.3, 0.4) is 0 Å². The Morgan fingerprint density at radius 3 is 2.65 bits per heavy atom. The summed E-state index contributed by atoms with van der Waals surface area (Å²) in [5, 5.41) is 0.865. The molecule has 37 heavy (non-hydrogen) atoms. The Morgan fingerprint density at radius 2 is 1.86 bits per heavy atom. The SMILES string of the molecule is Cc1cc(S(=O)(=O)Nc2ccc3c(c2)CCN3C(=O)CCn2c(=O)[nH]c(=O)c3ccccc32)ccc1Cl. The van der Waals surface area contributed by atoms with Gasteiger partial charge in [-0.3, -0.25) is 23.9 Å². The molecule has 1 aliphatic heterocycles. The van der Waals surface area contributed by atoms with Gasteiger partial charge in [0.1, 0.15) is 0 Å². The number of anilines is 2. The molecule has 0 radical (unpaired) electrons. The van der Waals surface area contributed by atoms with Gasteiger partial charge in [-0.15, -0.1) is 0 Å². The molecule has 2 heterocycles. The molecule has 0 saturated heterocycles. The van der Waals surface area contributed by atoms with E-state index in [1.165, 1.54) is 16.7 Å². The lowest BCUT2D eigenvalue weighted by atomic mass is 10.1. The normalized spacial score (nSPS) is 13.1. The molecule has 9 nitrogen and oxygen atoms in total. The zero-order valence-electron chi connectivity index (χ0n) is 19.8. The number of carbonyl (C=O) groups is 1. The second-order valence-corrected chi connectivity index (χ2v) is 10.9. The predicted molar refractivity (Wildman–Crippen MR) is 143 cm³/mol. The number of aromatic nitrogens is 2. The summed E-state index contributed by atoms with van der Waals surface area (Å²) >= 11 is 6.01. The van der Waals surface area contributed by atoms with Gasteiger partial charge < -0.3 is 4.90 Å². The fourth-order valence-electron chi connectivity index (χ4n) is 4.53. The number of halogens is 1. The van der Waals surface area contributed by atoms with Crippen LogP contribution >= 0.6 is 11.6 Å². The average Bonchev–Trinajstić information content (AvgIpc) is 3.28. The maximum Gasteiger partial charge on any atom is 0.328 e. The van der Waals surface area contributed by atoms with E-state index < -0.39 is 21.3 Å². The maximum atomic E-state index is 13.1. The van der Waals surface area contributed by atoms with Crippen LogP contribution in [0.25, 0.3) is 10.9 Å². The van der Waals surface area contributed by atoms with E-state index in [0.29, 0.717) is 45.8 Å². The molecule has 4 aromatic rings. The number of aromatic amines is 1. The van der Waals surface area contributed by atoms with Crippen LogP contribution in [0.5, 0.6) is 0 Å². The Bertz CT molecular complexity index is 1780. The number of hydrogen-bond donors (Lipinski definition) is 2. The van der Waals surface area contributed by atoms with Gasteiger partial charge in [0.15, 0.2) is 0 Å². The summed E-state index contributed by atoms with van der Waals surface area (Å²) in [6.45, 7) is 2.29. The highest BCUT2D eigenvalue weighted by molar-refractivity contribution is 7.92. The van der Waals surface area contributed by atoms with Crippen LogP contribution in [-0.2, 0) is 27.8 Å². The quantitative estimate of drug-likeness (QED) is 0.389. The fourth-order valence-corrected chi connectivity index (χ4v) is 5.78. The van der Waals surface area contributed by atoms with E-state index in [0.717, 1.165) is 5.56 Å². The zero-order valence-corrected chi connectivity index (χ0v) is 21.4. The molecule has 1 aromatic heterocycles. The van der Waals surface area contributed by atoms with Crippen molar-refractivity contribution in [2.24, 2.45) is 0 Å².